The first-order valence-corrected chi connectivity index (χ1v) is 11.0. The molecule has 0 fully saturated rings. The summed E-state index contributed by atoms with van der Waals surface area (Å²) in [6.07, 6.45) is 20.0. The van der Waals surface area contributed by atoms with Crippen molar-refractivity contribution in [3.05, 3.63) is 0 Å². The van der Waals surface area contributed by atoms with Crippen LogP contribution in [-0.2, 0) is 19.1 Å². The fourth-order valence-corrected chi connectivity index (χ4v) is 3.05. The van der Waals surface area contributed by atoms with E-state index in [9.17, 15) is 9.59 Å². The van der Waals surface area contributed by atoms with E-state index in [2.05, 4.69) is 6.92 Å². The number of ether oxygens (including phenoxy) is 2. The van der Waals surface area contributed by atoms with E-state index in [4.69, 9.17) is 9.47 Å². The Hall–Kier alpha value is -0.0600. The maximum Gasteiger partial charge on any atom is 1.00 e. The van der Waals surface area contributed by atoms with Gasteiger partial charge in [-0.25, -0.2) is 4.79 Å². The molecule has 0 aliphatic carbocycles. The van der Waals surface area contributed by atoms with E-state index in [-0.39, 0.29) is 43.6 Å². The molecule has 0 atom stereocenters. The molecule has 0 heterocycles. The second-order valence-electron chi connectivity index (χ2n) is 7.17. The molecule has 0 aromatic rings. The number of rotatable bonds is 19. The Morgan fingerprint density at radius 2 is 1.00 bits per heavy atom. The van der Waals surface area contributed by atoms with Gasteiger partial charge in [0.15, 0.2) is 6.61 Å². The van der Waals surface area contributed by atoms with Gasteiger partial charge in [0, 0.05) is 6.42 Å². The Balaban J connectivity index is -0.00000312. The second kappa shape index (κ2) is 24.0. The van der Waals surface area contributed by atoms with Gasteiger partial charge in [0.25, 0.3) is 0 Å². The summed E-state index contributed by atoms with van der Waals surface area (Å²) >= 11 is 0. The van der Waals surface area contributed by atoms with Crippen molar-refractivity contribution in [1.82, 2.24) is 0 Å². The average Bonchev–Trinajstić information content (AvgIpc) is 2.63. The fourth-order valence-electron chi connectivity index (χ4n) is 3.05. The number of carbonyl (C=O) groups is 2. The van der Waals surface area contributed by atoms with Crippen molar-refractivity contribution < 1.29 is 50.0 Å². The van der Waals surface area contributed by atoms with Gasteiger partial charge < -0.3 is 10.9 Å². The zero-order valence-corrected chi connectivity index (χ0v) is 20.4. The van der Waals surface area contributed by atoms with Crippen molar-refractivity contribution in [3.8, 4) is 0 Å². The molecule has 0 N–H and O–H groups in total. The summed E-state index contributed by atoms with van der Waals surface area (Å²) in [5, 5.41) is 0. The molecule has 0 unspecified atom stereocenters. The van der Waals surface area contributed by atoms with Gasteiger partial charge >= 0.3 is 41.5 Å². The normalized spacial score (nSPS) is 10.3. The molecule has 0 aromatic heterocycles. The molecule has 0 bridgehead atoms. The Labute approximate surface area is 191 Å². The quantitative estimate of drug-likeness (QED) is 0.191. The predicted molar refractivity (Wildman–Crippen MR) is 108 cm³/mol. The summed E-state index contributed by atoms with van der Waals surface area (Å²) in [4.78, 5) is 22.5. The molecular weight excluding hydrogens is 351 g/mol. The van der Waals surface area contributed by atoms with Gasteiger partial charge in [-0.05, 0) is 13.3 Å². The molecule has 0 radical (unpaired) electrons. The Morgan fingerprint density at radius 1 is 0.593 bits per heavy atom. The molecular formula is C22H43NaO4. The van der Waals surface area contributed by atoms with Crippen molar-refractivity contribution in [2.24, 2.45) is 0 Å². The first-order chi connectivity index (χ1) is 12.7. The predicted octanol–water partition coefficient (Wildman–Crippen LogP) is 3.47. The van der Waals surface area contributed by atoms with Crippen LogP contribution in [0.3, 0.4) is 0 Å². The molecule has 0 amide bonds. The number of unbranched alkanes of at least 4 members (excludes halogenated alkanes) is 14. The smallest absolute Gasteiger partial charge is 1.00 e. The number of carbonyl (C=O) groups excluding carboxylic acids is 2. The van der Waals surface area contributed by atoms with E-state index in [1.807, 2.05) is 0 Å². The van der Waals surface area contributed by atoms with Crippen LogP contribution in [-0.4, -0.2) is 25.2 Å². The van der Waals surface area contributed by atoms with Crippen LogP contribution in [0.4, 0.5) is 0 Å². The maximum atomic E-state index is 11.5. The minimum absolute atomic E-state index is 0. The second-order valence-corrected chi connectivity index (χ2v) is 7.17. The van der Waals surface area contributed by atoms with Crippen LogP contribution in [0.5, 0.6) is 0 Å². The van der Waals surface area contributed by atoms with E-state index in [0.717, 1.165) is 12.8 Å². The summed E-state index contributed by atoms with van der Waals surface area (Å²) in [5.74, 6) is -0.773. The van der Waals surface area contributed by atoms with Crippen LogP contribution in [0.25, 0.3) is 0 Å². The largest absolute Gasteiger partial charge is 1.00 e. The fraction of sp³-hybridized carbons (Fsp3) is 0.909. The van der Waals surface area contributed by atoms with Crippen molar-refractivity contribution >= 4 is 11.9 Å². The van der Waals surface area contributed by atoms with Gasteiger partial charge in [0.1, 0.15) is 0 Å². The zero-order chi connectivity index (χ0) is 19.3. The van der Waals surface area contributed by atoms with Crippen LogP contribution in [0.2, 0.25) is 0 Å². The van der Waals surface area contributed by atoms with E-state index in [1.165, 1.54) is 83.5 Å². The minimum Gasteiger partial charge on any atom is -1.00 e. The van der Waals surface area contributed by atoms with E-state index in [0.29, 0.717) is 13.0 Å². The van der Waals surface area contributed by atoms with Gasteiger partial charge in [-0.15, -0.1) is 0 Å². The van der Waals surface area contributed by atoms with E-state index >= 15 is 0 Å². The Kier molecular flexibility index (Phi) is 25.9. The van der Waals surface area contributed by atoms with E-state index in [1.54, 1.807) is 6.92 Å². The van der Waals surface area contributed by atoms with Crippen LogP contribution < -0.4 is 29.6 Å². The molecule has 0 rings (SSSR count). The summed E-state index contributed by atoms with van der Waals surface area (Å²) in [6.45, 7) is 4.05. The summed E-state index contributed by atoms with van der Waals surface area (Å²) < 4.78 is 9.57. The molecule has 0 saturated heterocycles. The van der Waals surface area contributed by atoms with Crippen molar-refractivity contribution in [3.63, 3.8) is 0 Å². The van der Waals surface area contributed by atoms with Crippen LogP contribution >= 0.6 is 0 Å². The van der Waals surface area contributed by atoms with E-state index < -0.39 is 5.97 Å². The molecule has 0 aliphatic heterocycles. The number of esters is 2. The van der Waals surface area contributed by atoms with Gasteiger partial charge in [-0.1, -0.05) is 96.8 Å². The first kappa shape index (κ1) is 29.1. The first-order valence-electron chi connectivity index (χ1n) is 11.0. The summed E-state index contributed by atoms with van der Waals surface area (Å²) in [6, 6.07) is 0. The van der Waals surface area contributed by atoms with Crippen molar-refractivity contribution in [1.29, 1.82) is 0 Å². The SMILES string of the molecule is CCCCCCCCCCCCCCCCCC(=O)OCC(=O)OCC.[H-].[Na+]. The molecule has 0 aromatic carbocycles. The maximum absolute atomic E-state index is 11.5. The topological polar surface area (TPSA) is 52.6 Å². The third kappa shape index (κ3) is 23.9. The van der Waals surface area contributed by atoms with Gasteiger partial charge in [0.2, 0.25) is 0 Å². The molecule has 0 spiro atoms. The molecule has 0 saturated carbocycles. The standard InChI is InChI=1S/C22H42O4.Na.H/c1-3-5-6-7-8-9-10-11-12-13-14-15-16-17-18-19-21(23)26-20-22(24)25-4-2;;/h3-20H2,1-2H3;;/q;+1;-1. The van der Waals surface area contributed by atoms with Crippen molar-refractivity contribution in [2.45, 2.75) is 117 Å². The summed E-state index contributed by atoms with van der Waals surface area (Å²) in [7, 11) is 0. The van der Waals surface area contributed by atoms with Crippen LogP contribution in [0.15, 0.2) is 0 Å². The van der Waals surface area contributed by atoms with Crippen LogP contribution in [0.1, 0.15) is 118 Å². The number of hydrogen-bond acceptors (Lipinski definition) is 4. The molecule has 0 aliphatic rings. The molecule has 4 nitrogen and oxygen atoms in total. The average molecular weight is 395 g/mol. The van der Waals surface area contributed by atoms with Crippen LogP contribution in [0, 0.1) is 0 Å². The molecule has 156 valence electrons. The third-order valence-corrected chi connectivity index (χ3v) is 4.64. The molecule has 27 heavy (non-hydrogen) atoms. The van der Waals surface area contributed by atoms with Gasteiger partial charge in [0.05, 0.1) is 6.61 Å². The van der Waals surface area contributed by atoms with Gasteiger partial charge in [-0.3, -0.25) is 4.79 Å². The third-order valence-electron chi connectivity index (χ3n) is 4.64. The minimum atomic E-state index is -0.475. The Bertz CT molecular complexity index is 340. The number of hydrogen-bond donors (Lipinski definition) is 0. The van der Waals surface area contributed by atoms with Gasteiger partial charge in [-0.2, -0.15) is 0 Å². The summed E-state index contributed by atoms with van der Waals surface area (Å²) in [5.41, 5.74) is 0. The molecule has 5 heteroatoms. The zero-order valence-electron chi connectivity index (χ0n) is 19.4. The van der Waals surface area contributed by atoms with Crippen molar-refractivity contribution in [2.75, 3.05) is 13.2 Å². The Morgan fingerprint density at radius 3 is 1.41 bits per heavy atom. The monoisotopic (exact) mass is 394 g/mol.